The van der Waals surface area contributed by atoms with Crippen molar-refractivity contribution in [3.05, 3.63) is 68.6 Å². The molecule has 168 valence electrons. The van der Waals surface area contributed by atoms with Gasteiger partial charge >= 0.3 is 0 Å². The Kier molecular flexibility index (Phi) is 7.19. The highest BCUT2D eigenvalue weighted by Crippen LogP contribution is 2.36. The molecule has 0 aliphatic carbocycles. The molecule has 1 fully saturated rings. The summed E-state index contributed by atoms with van der Waals surface area (Å²) in [7, 11) is 0. The number of aliphatic imine (C=N–C) groups is 1. The molecule has 3 aromatic carbocycles. The highest BCUT2D eigenvalue weighted by Gasteiger charge is 2.24. The number of amidine groups is 1. The van der Waals surface area contributed by atoms with Crippen LogP contribution in [-0.2, 0) is 9.59 Å². The van der Waals surface area contributed by atoms with Crippen molar-refractivity contribution < 1.29 is 19.1 Å². The van der Waals surface area contributed by atoms with Gasteiger partial charge in [0.15, 0.2) is 23.3 Å². The normalized spacial score (nSPS) is 15.8. The Balaban J connectivity index is 1.62. The lowest BCUT2D eigenvalue weighted by atomic mass is 10.1. The average molecular weight is 573 g/mol. The minimum absolute atomic E-state index is 0.221. The number of primary amides is 1. The molecule has 0 spiro atoms. The first-order chi connectivity index (χ1) is 15.9. The van der Waals surface area contributed by atoms with Crippen molar-refractivity contribution in [1.82, 2.24) is 5.32 Å². The molecular weight excluding hydrogens is 553 g/mol. The number of carbonyl (C=O) groups is 2. The molecule has 4 rings (SSSR count). The fourth-order valence-corrected chi connectivity index (χ4v) is 4.88. The van der Waals surface area contributed by atoms with E-state index >= 15 is 0 Å². The number of rotatable bonds is 7. The van der Waals surface area contributed by atoms with Gasteiger partial charge < -0.3 is 20.5 Å². The van der Waals surface area contributed by atoms with Crippen LogP contribution in [0.1, 0.15) is 12.5 Å². The molecule has 2 amide bonds. The molecule has 0 saturated carbocycles. The molecule has 33 heavy (non-hydrogen) atoms. The van der Waals surface area contributed by atoms with E-state index in [9.17, 15) is 9.59 Å². The van der Waals surface area contributed by atoms with Crippen LogP contribution in [0, 0.1) is 3.57 Å². The van der Waals surface area contributed by atoms with Crippen molar-refractivity contribution in [2.24, 2.45) is 10.7 Å². The Labute approximate surface area is 208 Å². The van der Waals surface area contributed by atoms with E-state index in [-0.39, 0.29) is 12.5 Å². The number of nitrogens with two attached hydrogens (primary N) is 1. The third-order valence-electron chi connectivity index (χ3n) is 4.63. The lowest BCUT2D eigenvalue weighted by molar-refractivity contribution is -0.120. The number of nitrogens with zero attached hydrogens (tertiary/aromatic N) is 1. The summed E-state index contributed by atoms with van der Waals surface area (Å²) in [4.78, 5) is 28.9. The van der Waals surface area contributed by atoms with Crippen LogP contribution in [0.3, 0.4) is 0 Å². The standard InChI is InChI=1S/C24H20IN3O4S/c1-2-31-19-11-14(10-17(25)22(19)32-13-21(26)29)12-20-23(30)28-24(33-20)27-18-9-5-7-15-6-3-4-8-16(15)18/h3-12H,2,13H2,1H3,(H2,26,29)(H,27,28,30)/b20-12-. The lowest BCUT2D eigenvalue weighted by Crippen LogP contribution is -2.20. The molecule has 0 atom stereocenters. The molecule has 1 saturated heterocycles. The number of hydrogen-bond donors (Lipinski definition) is 2. The van der Waals surface area contributed by atoms with Crippen LogP contribution in [0.5, 0.6) is 11.5 Å². The molecule has 0 bridgehead atoms. The van der Waals surface area contributed by atoms with E-state index in [1.54, 1.807) is 12.1 Å². The van der Waals surface area contributed by atoms with E-state index in [2.05, 4.69) is 32.9 Å². The minimum atomic E-state index is -0.573. The average Bonchev–Trinajstić information content (AvgIpc) is 3.12. The summed E-state index contributed by atoms with van der Waals surface area (Å²) in [5.41, 5.74) is 6.75. The van der Waals surface area contributed by atoms with Gasteiger partial charge in [-0.1, -0.05) is 36.4 Å². The van der Waals surface area contributed by atoms with Crippen LogP contribution in [0.2, 0.25) is 0 Å². The van der Waals surface area contributed by atoms with Crippen molar-refractivity contribution in [2.45, 2.75) is 6.92 Å². The fourth-order valence-electron chi connectivity index (χ4n) is 3.26. The lowest BCUT2D eigenvalue weighted by Gasteiger charge is -2.14. The molecule has 9 heteroatoms. The Morgan fingerprint density at radius 2 is 1.97 bits per heavy atom. The molecule has 1 aliphatic rings. The largest absolute Gasteiger partial charge is 0.490 e. The predicted octanol–water partition coefficient (Wildman–Crippen LogP) is 4.60. The number of benzene rings is 3. The van der Waals surface area contributed by atoms with E-state index in [1.807, 2.05) is 55.5 Å². The zero-order chi connectivity index (χ0) is 23.4. The van der Waals surface area contributed by atoms with Gasteiger partial charge in [-0.05, 0) is 76.5 Å². The van der Waals surface area contributed by atoms with E-state index in [0.29, 0.717) is 28.2 Å². The molecule has 7 nitrogen and oxygen atoms in total. The zero-order valence-electron chi connectivity index (χ0n) is 17.6. The van der Waals surface area contributed by atoms with Gasteiger partial charge in [0.05, 0.1) is 20.8 Å². The van der Waals surface area contributed by atoms with Crippen LogP contribution in [0.25, 0.3) is 16.8 Å². The number of nitrogens with one attached hydrogen (secondary N) is 1. The summed E-state index contributed by atoms with van der Waals surface area (Å²) >= 11 is 3.37. The maximum Gasteiger partial charge on any atom is 0.264 e. The SMILES string of the molecule is CCOc1cc(/C=C2\SC(=Nc3cccc4ccccc34)NC2=O)cc(I)c1OCC(N)=O. The number of hydrogen-bond acceptors (Lipinski definition) is 6. The molecular formula is C24H20IN3O4S. The number of thioether (sulfide) groups is 1. The van der Waals surface area contributed by atoms with Crippen molar-refractivity contribution in [3.8, 4) is 11.5 Å². The molecule has 0 unspecified atom stereocenters. The van der Waals surface area contributed by atoms with Crippen LogP contribution in [0.15, 0.2) is 64.5 Å². The van der Waals surface area contributed by atoms with E-state index < -0.39 is 5.91 Å². The maximum atomic E-state index is 12.6. The summed E-state index contributed by atoms with van der Waals surface area (Å²) in [6.45, 7) is 2.02. The van der Waals surface area contributed by atoms with Crippen molar-refractivity contribution in [3.63, 3.8) is 0 Å². The van der Waals surface area contributed by atoms with Gasteiger partial charge in [-0.25, -0.2) is 4.99 Å². The van der Waals surface area contributed by atoms with Crippen LogP contribution in [-0.4, -0.2) is 30.2 Å². The Morgan fingerprint density at radius 3 is 2.76 bits per heavy atom. The minimum Gasteiger partial charge on any atom is -0.490 e. The van der Waals surface area contributed by atoms with Gasteiger partial charge in [0.1, 0.15) is 0 Å². The third kappa shape index (κ3) is 5.48. The number of amides is 2. The second-order valence-corrected chi connectivity index (χ2v) is 9.19. The first-order valence-corrected chi connectivity index (χ1v) is 12.0. The maximum absolute atomic E-state index is 12.6. The van der Waals surface area contributed by atoms with Gasteiger partial charge in [0.2, 0.25) is 0 Å². The van der Waals surface area contributed by atoms with Crippen LogP contribution < -0.4 is 20.5 Å². The Bertz CT molecular complexity index is 1300. The van der Waals surface area contributed by atoms with Crippen molar-refractivity contribution in [2.75, 3.05) is 13.2 Å². The number of ether oxygens (including phenoxy) is 2. The first-order valence-electron chi connectivity index (χ1n) is 10.1. The highest BCUT2D eigenvalue weighted by atomic mass is 127. The molecule has 1 aliphatic heterocycles. The van der Waals surface area contributed by atoms with Crippen molar-refractivity contribution in [1.29, 1.82) is 0 Å². The molecule has 3 N–H and O–H groups in total. The molecule has 0 radical (unpaired) electrons. The molecule has 3 aromatic rings. The van der Waals surface area contributed by atoms with Crippen LogP contribution in [0.4, 0.5) is 5.69 Å². The summed E-state index contributed by atoms with van der Waals surface area (Å²) in [5.74, 6) is 0.128. The first kappa shape index (κ1) is 23.1. The van der Waals surface area contributed by atoms with Crippen molar-refractivity contribution >= 4 is 73.9 Å². The predicted molar refractivity (Wildman–Crippen MR) is 140 cm³/mol. The van der Waals surface area contributed by atoms with Crippen LogP contribution >= 0.6 is 34.4 Å². The number of fused-ring (bicyclic) bond motifs is 1. The van der Waals surface area contributed by atoms with Gasteiger partial charge in [-0.3, -0.25) is 9.59 Å². The quantitative estimate of drug-likeness (QED) is 0.318. The number of carbonyl (C=O) groups excluding carboxylic acids is 2. The van der Waals surface area contributed by atoms with Gasteiger partial charge in [-0.2, -0.15) is 0 Å². The highest BCUT2D eigenvalue weighted by molar-refractivity contribution is 14.1. The monoisotopic (exact) mass is 573 g/mol. The third-order valence-corrected chi connectivity index (χ3v) is 6.34. The fraction of sp³-hybridized carbons (Fsp3) is 0.125. The second-order valence-electron chi connectivity index (χ2n) is 7.00. The summed E-state index contributed by atoms with van der Waals surface area (Å²) in [6, 6.07) is 17.5. The zero-order valence-corrected chi connectivity index (χ0v) is 20.6. The number of halogens is 1. The second kappa shape index (κ2) is 10.3. The smallest absolute Gasteiger partial charge is 0.264 e. The summed E-state index contributed by atoms with van der Waals surface area (Å²) in [5, 5.41) is 5.45. The summed E-state index contributed by atoms with van der Waals surface area (Å²) < 4.78 is 11.9. The molecule has 1 heterocycles. The molecule has 0 aromatic heterocycles. The Hall–Kier alpha value is -3.05. The van der Waals surface area contributed by atoms with Gasteiger partial charge in [0, 0.05) is 5.39 Å². The topological polar surface area (TPSA) is 103 Å². The Morgan fingerprint density at radius 1 is 1.18 bits per heavy atom. The van der Waals surface area contributed by atoms with E-state index in [0.717, 1.165) is 25.6 Å². The van der Waals surface area contributed by atoms with E-state index in [1.165, 1.54) is 11.8 Å². The van der Waals surface area contributed by atoms with Gasteiger partial charge in [0.25, 0.3) is 11.8 Å². The van der Waals surface area contributed by atoms with E-state index in [4.69, 9.17) is 15.2 Å². The van der Waals surface area contributed by atoms with Gasteiger partial charge in [-0.15, -0.1) is 0 Å². The summed E-state index contributed by atoms with van der Waals surface area (Å²) in [6.07, 6.45) is 1.77.